The number of hydrogen-bond acceptors (Lipinski definition) is 7. The largest absolute Gasteiger partial charge is 0.495 e. The Morgan fingerprint density at radius 2 is 2.07 bits per heavy atom. The Balaban J connectivity index is 1.50. The molecular formula is C19H27N5O4S2. The molecule has 1 aromatic heterocycles. The van der Waals surface area contributed by atoms with Crippen LogP contribution < -0.4 is 10.1 Å². The summed E-state index contributed by atoms with van der Waals surface area (Å²) >= 11 is 1.47. The molecule has 11 heteroatoms. The van der Waals surface area contributed by atoms with E-state index < -0.39 is 10.0 Å². The van der Waals surface area contributed by atoms with Crippen LogP contribution in [-0.4, -0.2) is 66.3 Å². The normalized spacial score (nSPS) is 15.8. The Morgan fingerprint density at radius 3 is 2.70 bits per heavy atom. The van der Waals surface area contributed by atoms with E-state index in [2.05, 4.69) is 20.5 Å². The van der Waals surface area contributed by atoms with Crippen LogP contribution in [0.3, 0.4) is 0 Å². The maximum absolute atomic E-state index is 13.1. The zero-order valence-electron chi connectivity index (χ0n) is 17.3. The Bertz CT molecular complexity index is 985. The molecule has 0 bridgehead atoms. The van der Waals surface area contributed by atoms with Crippen molar-refractivity contribution in [3.8, 4) is 5.75 Å². The van der Waals surface area contributed by atoms with Crippen molar-refractivity contribution in [3.63, 3.8) is 0 Å². The summed E-state index contributed by atoms with van der Waals surface area (Å²) in [5.74, 6) is 1.54. The van der Waals surface area contributed by atoms with Crippen LogP contribution >= 0.6 is 11.8 Å². The molecule has 0 unspecified atom stereocenters. The number of aromatic amines is 1. The maximum atomic E-state index is 13.1. The molecule has 1 aliphatic heterocycles. The van der Waals surface area contributed by atoms with E-state index in [0.717, 1.165) is 11.4 Å². The second-order valence-electron chi connectivity index (χ2n) is 7.18. The first kappa shape index (κ1) is 22.6. The average Bonchev–Trinajstić information content (AvgIpc) is 3.16. The van der Waals surface area contributed by atoms with Gasteiger partial charge in [-0.3, -0.25) is 9.89 Å². The number of carbonyl (C=O) groups is 1. The molecule has 0 aliphatic carbocycles. The number of hydrogen-bond donors (Lipinski definition) is 2. The lowest BCUT2D eigenvalue weighted by Gasteiger charge is -2.31. The van der Waals surface area contributed by atoms with E-state index in [1.54, 1.807) is 12.1 Å². The van der Waals surface area contributed by atoms with Crippen LogP contribution in [0, 0.1) is 19.8 Å². The highest BCUT2D eigenvalue weighted by Gasteiger charge is 2.33. The number of aryl methyl sites for hydroxylation is 2. The van der Waals surface area contributed by atoms with Crippen LogP contribution in [-0.2, 0) is 14.8 Å². The molecule has 1 aromatic carbocycles. The minimum Gasteiger partial charge on any atom is -0.495 e. The molecule has 164 valence electrons. The number of amides is 1. The monoisotopic (exact) mass is 453 g/mol. The molecule has 30 heavy (non-hydrogen) atoms. The van der Waals surface area contributed by atoms with E-state index in [1.165, 1.54) is 23.2 Å². The summed E-state index contributed by atoms with van der Waals surface area (Å²) in [6.45, 7) is 4.80. The average molecular weight is 454 g/mol. The van der Waals surface area contributed by atoms with Crippen molar-refractivity contribution >= 4 is 27.7 Å². The molecule has 3 rings (SSSR count). The van der Waals surface area contributed by atoms with E-state index in [9.17, 15) is 13.2 Å². The summed E-state index contributed by atoms with van der Waals surface area (Å²) in [6, 6.07) is 5.11. The Hall–Kier alpha value is -2.11. The lowest BCUT2D eigenvalue weighted by Crippen LogP contribution is -2.43. The van der Waals surface area contributed by atoms with Gasteiger partial charge in [-0.15, -0.1) is 5.10 Å². The van der Waals surface area contributed by atoms with Gasteiger partial charge in [0.1, 0.15) is 16.5 Å². The number of sulfonamides is 1. The van der Waals surface area contributed by atoms with Crippen molar-refractivity contribution in [2.75, 3.05) is 32.5 Å². The summed E-state index contributed by atoms with van der Waals surface area (Å²) in [5, 5.41) is 10.4. The molecule has 1 amide bonds. The van der Waals surface area contributed by atoms with Gasteiger partial charge in [0.15, 0.2) is 0 Å². The van der Waals surface area contributed by atoms with E-state index >= 15 is 0 Å². The molecule has 2 N–H and O–H groups in total. The van der Waals surface area contributed by atoms with Crippen molar-refractivity contribution in [3.05, 3.63) is 29.6 Å². The minimum absolute atomic E-state index is 0.0352. The fourth-order valence-electron chi connectivity index (χ4n) is 3.33. The van der Waals surface area contributed by atoms with Crippen LogP contribution in [0.5, 0.6) is 5.75 Å². The highest BCUT2D eigenvalue weighted by molar-refractivity contribution is 7.99. The second-order valence-corrected chi connectivity index (χ2v) is 10.1. The third kappa shape index (κ3) is 5.32. The molecule has 0 spiro atoms. The van der Waals surface area contributed by atoms with Crippen LogP contribution in [0.4, 0.5) is 0 Å². The lowest BCUT2D eigenvalue weighted by molar-refractivity contribution is -0.125. The van der Waals surface area contributed by atoms with Crippen LogP contribution in [0.15, 0.2) is 28.3 Å². The third-order valence-corrected chi connectivity index (χ3v) is 7.74. The van der Waals surface area contributed by atoms with Gasteiger partial charge in [0.05, 0.1) is 7.11 Å². The van der Waals surface area contributed by atoms with Gasteiger partial charge >= 0.3 is 0 Å². The van der Waals surface area contributed by atoms with Crippen molar-refractivity contribution in [1.82, 2.24) is 24.8 Å². The summed E-state index contributed by atoms with van der Waals surface area (Å²) < 4.78 is 32.8. The fourth-order valence-corrected chi connectivity index (χ4v) is 5.74. The number of nitrogens with zero attached hydrogens (tertiary/aromatic N) is 3. The number of thioether (sulfide) groups is 1. The van der Waals surface area contributed by atoms with E-state index in [-0.39, 0.29) is 16.7 Å². The number of methoxy groups -OCH3 is 1. The van der Waals surface area contributed by atoms with E-state index in [4.69, 9.17) is 4.74 Å². The number of piperidine rings is 1. The van der Waals surface area contributed by atoms with Crippen LogP contribution in [0.25, 0.3) is 0 Å². The van der Waals surface area contributed by atoms with E-state index in [1.807, 2.05) is 19.9 Å². The predicted molar refractivity (Wildman–Crippen MR) is 114 cm³/mol. The molecule has 0 saturated carbocycles. The van der Waals surface area contributed by atoms with Gasteiger partial charge in [-0.1, -0.05) is 17.8 Å². The number of H-pyrrole nitrogens is 1. The first-order chi connectivity index (χ1) is 14.3. The van der Waals surface area contributed by atoms with Crippen LogP contribution in [0.1, 0.15) is 24.2 Å². The molecular weight excluding hydrogens is 426 g/mol. The van der Waals surface area contributed by atoms with Gasteiger partial charge in [0, 0.05) is 31.3 Å². The van der Waals surface area contributed by atoms with Gasteiger partial charge in [-0.2, -0.15) is 4.31 Å². The summed E-state index contributed by atoms with van der Waals surface area (Å²) in [4.78, 5) is 16.8. The van der Waals surface area contributed by atoms with Gasteiger partial charge in [-0.25, -0.2) is 13.4 Å². The molecule has 0 radical (unpaired) electrons. The number of carbonyl (C=O) groups excluding carboxylic acids is 1. The number of nitrogens with one attached hydrogen (secondary N) is 2. The second kappa shape index (κ2) is 9.80. The first-order valence-electron chi connectivity index (χ1n) is 9.75. The van der Waals surface area contributed by atoms with Gasteiger partial charge in [-0.05, 0) is 44.4 Å². The van der Waals surface area contributed by atoms with Gasteiger partial charge < -0.3 is 10.1 Å². The maximum Gasteiger partial charge on any atom is 0.246 e. The third-order valence-electron chi connectivity index (χ3n) is 4.97. The molecule has 1 saturated heterocycles. The van der Waals surface area contributed by atoms with Crippen molar-refractivity contribution in [2.24, 2.45) is 5.92 Å². The molecule has 0 atom stereocenters. The molecule has 9 nitrogen and oxygen atoms in total. The zero-order chi connectivity index (χ0) is 21.7. The Kier molecular flexibility index (Phi) is 7.37. The predicted octanol–water partition coefficient (Wildman–Crippen LogP) is 1.74. The molecule has 1 fully saturated rings. The van der Waals surface area contributed by atoms with E-state index in [0.29, 0.717) is 49.1 Å². The smallest absolute Gasteiger partial charge is 0.246 e. The number of ether oxygens (including phenoxy) is 1. The first-order valence-corrected chi connectivity index (χ1v) is 12.2. The standard InChI is InChI=1S/C19H27N5O4S2/c1-13-4-5-16(28-3)17(12-13)30(26,27)24-9-6-15(7-10-24)18(25)20-8-11-29-19-21-14(2)22-23-19/h4-5,12,15H,6-11H2,1-3H3,(H,20,25)(H,21,22,23). The van der Waals surface area contributed by atoms with Gasteiger partial charge in [0.2, 0.25) is 21.1 Å². The summed E-state index contributed by atoms with van der Waals surface area (Å²) in [6.07, 6.45) is 0.985. The molecule has 2 heterocycles. The van der Waals surface area contributed by atoms with Crippen molar-refractivity contribution in [2.45, 2.75) is 36.7 Å². The molecule has 2 aromatic rings. The summed E-state index contributed by atoms with van der Waals surface area (Å²) in [7, 11) is -2.21. The molecule has 1 aliphatic rings. The summed E-state index contributed by atoms with van der Waals surface area (Å²) in [5.41, 5.74) is 0.849. The van der Waals surface area contributed by atoms with Gasteiger partial charge in [0.25, 0.3) is 0 Å². The Morgan fingerprint density at radius 1 is 1.33 bits per heavy atom. The number of aromatic nitrogens is 3. The number of rotatable bonds is 8. The highest BCUT2D eigenvalue weighted by atomic mass is 32.2. The zero-order valence-corrected chi connectivity index (χ0v) is 19.0. The lowest BCUT2D eigenvalue weighted by atomic mass is 9.97. The topological polar surface area (TPSA) is 117 Å². The highest BCUT2D eigenvalue weighted by Crippen LogP contribution is 2.30. The van der Waals surface area contributed by atoms with Crippen LogP contribution in [0.2, 0.25) is 0 Å². The Labute approximate surface area is 181 Å². The van der Waals surface area contributed by atoms with Crippen molar-refractivity contribution in [1.29, 1.82) is 0 Å². The number of benzene rings is 1. The van der Waals surface area contributed by atoms with Crippen molar-refractivity contribution < 1.29 is 17.9 Å². The SMILES string of the molecule is COc1ccc(C)cc1S(=O)(=O)N1CCC(C(=O)NCCSc2n[nH]c(C)n2)CC1. The fraction of sp³-hybridized carbons (Fsp3) is 0.526. The minimum atomic E-state index is -3.67. The quantitative estimate of drug-likeness (QED) is 0.462.